The van der Waals surface area contributed by atoms with Gasteiger partial charge in [-0.2, -0.15) is 0 Å². The van der Waals surface area contributed by atoms with Gasteiger partial charge in [-0.3, -0.25) is 9.69 Å². The fourth-order valence-electron chi connectivity index (χ4n) is 2.76. The van der Waals surface area contributed by atoms with Crippen LogP contribution < -0.4 is 0 Å². The van der Waals surface area contributed by atoms with Crippen LogP contribution in [0.15, 0.2) is 24.3 Å². The van der Waals surface area contributed by atoms with Gasteiger partial charge in [0.1, 0.15) is 0 Å². The molecule has 0 aliphatic carbocycles. The zero-order valence-electron chi connectivity index (χ0n) is 13.9. The van der Waals surface area contributed by atoms with Crippen molar-refractivity contribution in [2.75, 3.05) is 26.8 Å². The lowest BCUT2D eigenvalue weighted by atomic mass is 10.0. The van der Waals surface area contributed by atoms with E-state index < -0.39 is 0 Å². The second kappa shape index (κ2) is 9.69. The maximum absolute atomic E-state index is 12.4. The topological polar surface area (TPSA) is 29.5 Å². The van der Waals surface area contributed by atoms with Crippen LogP contribution in [0.2, 0.25) is 0 Å². The van der Waals surface area contributed by atoms with Crippen molar-refractivity contribution >= 4 is 5.78 Å². The minimum absolute atomic E-state index is 0.237. The number of methoxy groups -OCH3 is 1. The molecule has 0 N–H and O–H groups in total. The summed E-state index contributed by atoms with van der Waals surface area (Å²) in [4.78, 5) is 14.8. The molecule has 0 saturated heterocycles. The van der Waals surface area contributed by atoms with Crippen LogP contribution in [-0.2, 0) is 4.74 Å². The largest absolute Gasteiger partial charge is 0.383 e. The van der Waals surface area contributed by atoms with Crippen LogP contribution in [0.1, 0.15) is 49.0 Å². The standard InChI is InChI=1S/C18H29NO2/c1-5-16(6-2)19(13-14-21-4)12-11-18(20)17-10-8-7-9-15(17)3/h7-10,16H,5-6,11-14H2,1-4H3. The van der Waals surface area contributed by atoms with Gasteiger partial charge < -0.3 is 4.74 Å². The molecule has 0 amide bonds. The quantitative estimate of drug-likeness (QED) is 0.616. The highest BCUT2D eigenvalue weighted by Crippen LogP contribution is 2.13. The van der Waals surface area contributed by atoms with Crippen molar-refractivity contribution in [1.82, 2.24) is 4.90 Å². The SMILES string of the molecule is CCC(CC)N(CCOC)CCC(=O)c1ccccc1C. The number of carbonyl (C=O) groups is 1. The number of rotatable bonds is 10. The van der Waals surface area contributed by atoms with Crippen LogP contribution in [0.25, 0.3) is 0 Å². The van der Waals surface area contributed by atoms with E-state index in [9.17, 15) is 4.79 Å². The smallest absolute Gasteiger partial charge is 0.164 e. The van der Waals surface area contributed by atoms with Crippen molar-refractivity contribution in [3.8, 4) is 0 Å². The first kappa shape index (κ1) is 17.9. The van der Waals surface area contributed by atoms with Gasteiger partial charge in [-0.05, 0) is 25.3 Å². The summed E-state index contributed by atoms with van der Waals surface area (Å²) in [7, 11) is 1.73. The lowest BCUT2D eigenvalue weighted by Gasteiger charge is -2.30. The van der Waals surface area contributed by atoms with Crippen LogP contribution >= 0.6 is 0 Å². The third kappa shape index (κ3) is 5.60. The summed E-state index contributed by atoms with van der Waals surface area (Å²) in [6.07, 6.45) is 2.79. The molecular formula is C18H29NO2. The average molecular weight is 291 g/mol. The fraction of sp³-hybridized carbons (Fsp3) is 0.611. The third-order valence-corrected chi connectivity index (χ3v) is 4.11. The molecule has 118 valence electrons. The molecule has 0 unspecified atom stereocenters. The van der Waals surface area contributed by atoms with Gasteiger partial charge in [-0.15, -0.1) is 0 Å². The highest BCUT2D eigenvalue weighted by atomic mass is 16.5. The van der Waals surface area contributed by atoms with E-state index in [1.54, 1.807) is 7.11 Å². The van der Waals surface area contributed by atoms with Gasteiger partial charge in [-0.25, -0.2) is 0 Å². The summed E-state index contributed by atoms with van der Waals surface area (Å²) < 4.78 is 5.20. The Bertz CT molecular complexity index is 427. The Morgan fingerprint density at radius 2 is 1.86 bits per heavy atom. The number of carbonyl (C=O) groups excluding carboxylic acids is 1. The molecule has 21 heavy (non-hydrogen) atoms. The number of ketones is 1. The van der Waals surface area contributed by atoms with E-state index in [1.807, 2.05) is 31.2 Å². The zero-order chi connectivity index (χ0) is 15.7. The first-order valence-corrected chi connectivity index (χ1v) is 7.95. The lowest BCUT2D eigenvalue weighted by molar-refractivity contribution is 0.0898. The number of benzene rings is 1. The summed E-state index contributed by atoms with van der Waals surface area (Å²) in [5.41, 5.74) is 1.92. The van der Waals surface area contributed by atoms with Crippen LogP contribution in [0.3, 0.4) is 0 Å². The van der Waals surface area contributed by atoms with E-state index in [4.69, 9.17) is 4.74 Å². The fourth-order valence-corrected chi connectivity index (χ4v) is 2.76. The first-order chi connectivity index (χ1) is 10.1. The number of aryl methyl sites for hydroxylation is 1. The molecule has 0 radical (unpaired) electrons. The van der Waals surface area contributed by atoms with Gasteiger partial charge in [0.2, 0.25) is 0 Å². The number of Topliss-reactive ketones (excluding diaryl/α,β-unsaturated/α-hetero) is 1. The van der Waals surface area contributed by atoms with E-state index in [-0.39, 0.29) is 5.78 Å². The number of ether oxygens (including phenoxy) is 1. The molecule has 0 heterocycles. The van der Waals surface area contributed by atoms with Crippen LogP contribution in [0, 0.1) is 6.92 Å². The molecule has 0 aromatic heterocycles. The molecule has 0 aliphatic heterocycles. The lowest BCUT2D eigenvalue weighted by Crippen LogP contribution is -2.38. The Labute approximate surface area is 129 Å². The van der Waals surface area contributed by atoms with Gasteiger partial charge >= 0.3 is 0 Å². The predicted octanol–water partition coefficient (Wildman–Crippen LogP) is 3.70. The molecule has 1 rings (SSSR count). The summed E-state index contributed by atoms with van der Waals surface area (Å²) in [5.74, 6) is 0.237. The van der Waals surface area contributed by atoms with Gasteiger partial charge in [0.25, 0.3) is 0 Å². The maximum Gasteiger partial charge on any atom is 0.164 e. The second-order valence-corrected chi connectivity index (χ2v) is 5.49. The Morgan fingerprint density at radius 3 is 2.43 bits per heavy atom. The Morgan fingerprint density at radius 1 is 1.19 bits per heavy atom. The number of hydrogen-bond donors (Lipinski definition) is 0. The predicted molar refractivity (Wildman–Crippen MR) is 87.9 cm³/mol. The number of nitrogens with zero attached hydrogens (tertiary/aromatic N) is 1. The van der Waals surface area contributed by atoms with Crippen LogP contribution in [0.5, 0.6) is 0 Å². The maximum atomic E-state index is 12.4. The van der Waals surface area contributed by atoms with E-state index in [0.717, 1.165) is 43.7 Å². The highest BCUT2D eigenvalue weighted by molar-refractivity contribution is 5.97. The molecule has 0 fully saturated rings. The minimum atomic E-state index is 0.237. The van der Waals surface area contributed by atoms with Crippen molar-refractivity contribution in [1.29, 1.82) is 0 Å². The Balaban J connectivity index is 2.63. The molecule has 0 saturated carbocycles. The first-order valence-electron chi connectivity index (χ1n) is 7.95. The molecule has 0 atom stereocenters. The Kier molecular flexibility index (Phi) is 8.24. The molecule has 0 aliphatic rings. The van der Waals surface area contributed by atoms with Crippen molar-refractivity contribution in [3.05, 3.63) is 35.4 Å². The van der Waals surface area contributed by atoms with Gasteiger partial charge in [0.05, 0.1) is 6.61 Å². The van der Waals surface area contributed by atoms with Crippen LogP contribution in [0.4, 0.5) is 0 Å². The van der Waals surface area contributed by atoms with E-state index in [1.165, 1.54) is 0 Å². The molecule has 1 aromatic rings. The van der Waals surface area contributed by atoms with Crippen molar-refractivity contribution < 1.29 is 9.53 Å². The summed E-state index contributed by atoms with van der Waals surface area (Å²) in [5, 5.41) is 0. The third-order valence-electron chi connectivity index (χ3n) is 4.11. The molecule has 1 aromatic carbocycles. The minimum Gasteiger partial charge on any atom is -0.383 e. The van der Waals surface area contributed by atoms with Gasteiger partial charge in [-0.1, -0.05) is 38.1 Å². The number of hydrogen-bond acceptors (Lipinski definition) is 3. The molecular weight excluding hydrogens is 262 g/mol. The van der Waals surface area contributed by atoms with Gasteiger partial charge in [0, 0.05) is 38.2 Å². The van der Waals surface area contributed by atoms with E-state index in [0.29, 0.717) is 12.5 Å². The molecule has 0 bridgehead atoms. The summed E-state index contributed by atoms with van der Waals surface area (Å²) in [6.45, 7) is 8.83. The van der Waals surface area contributed by atoms with Crippen molar-refractivity contribution in [3.63, 3.8) is 0 Å². The molecule has 0 spiro atoms. The monoisotopic (exact) mass is 291 g/mol. The van der Waals surface area contributed by atoms with E-state index in [2.05, 4.69) is 18.7 Å². The van der Waals surface area contributed by atoms with Crippen LogP contribution in [-0.4, -0.2) is 43.5 Å². The molecule has 3 heteroatoms. The normalized spacial score (nSPS) is 11.3. The molecule has 3 nitrogen and oxygen atoms in total. The average Bonchev–Trinajstić information content (AvgIpc) is 2.50. The van der Waals surface area contributed by atoms with Crippen molar-refractivity contribution in [2.24, 2.45) is 0 Å². The summed E-state index contributed by atoms with van der Waals surface area (Å²) >= 11 is 0. The summed E-state index contributed by atoms with van der Waals surface area (Å²) in [6, 6.07) is 8.36. The second-order valence-electron chi connectivity index (χ2n) is 5.49. The van der Waals surface area contributed by atoms with Gasteiger partial charge in [0.15, 0.2) is 5.78 Å². The van der Waals surface area contributed by atoms with E-state index >= 15 is 0 Å². The highest BCUT2D eigenvalue weighted by Gasteiger charge is 2.17. The Hall–Kier alpha value is -1.19. The van der Waals surface area contributed by atoms with Crippen molar-refractivity contribution in [2.45, 2.75) is 46.1 Å². The zero-order valence-corrected chi connectivity index (χ0v) is 13.9.